The van der Waals surface area contributed by atoms with Crippen molar-refractivity contribution < 1.29 is 19.1 Å². The first-order chi connectivity index (χ1) is 17.0. The van der Waals surface area contributed by atoms with E-state index in [0.717, 1.165) is 16.3 Å². The molecule has 4 rings (SSSR count). The summed E-state index contributed by atoms with van der Waals surface area (Å²) in [6.07, 6.45) is 1.42. The van der Waals surface area contributed by atoms with Crippen LogP contribution >= 0.6 is 0 Å². The third-order valence-corrected chi connectivity index (χ3v) is 5.17. The Bertz CT molecular complexity index is 1390. The van der Waals surface area contributed by atoms with E-state index >= 15 is 0 Å². The second-order valence-corrected chi connectivity index (χ2v) is 7.59. The third-order valence-electron chi connectivity index (χ3n) is 5.17. The van der Waals surface area contributed by atoms with Crippen LogP contribution in [-0.4, -0.2) is 23.9 Å². The van der Waals surface area contributed by atoms with Crippen molar-refractivity contribution in [3.05, 3.63) is 108 Å². The van der Waals surface area contributed by atoms with Crippen molar-refractivity contribution in [2.24, 2.45) is 10.8 Å². The van der Waals surface area contributed by atoms with E-state index in [9.17, 15) is 14.4 Å². The van der Waals surface area contributed by atoms with E-state index in [1.165, 1.54) is 30.5 Å². The second-order valence-electron chi connectivity index (χ2n) is 7.59. The van der Waals surface area contributed by atoms with Gasteiger partial charge in [-0.3, -0.25) is 14.4 Å². The lowest BCUT2D eigenvalue weighted by Crippen LogP contribution is -2.32. The lowest BCUT2D eigenvalue weighted by atomic mass is 10.1. The molecule has 4 aromatic carbocycles. The van der Waals surface area contributed by atoms with E-state index in [1.54, 1.807) is 24.3 Å². The van der Waals surface area contributed by atoms with Crippen molar-refractivity contribution in [2.45, 2.75) is 6.61 Å². The van der Waals surface area contributed by atoms with E-state index in [0.29, 0.717) is 29.2 Å². The van der Waals surface area contributed by atoms with Crippen LogP contribution in [0.15, 0.2) is 96.1 Å². The molecule has 0 fully saturated rings. The van der Waals surface area contributed by atoms with Crippen LogP contribution in [0.3, 0.4) is 0 Å². The Kier molecular flexibility index (Phi) is 7.13. The molecule has 0 radical (unpaired) electrons. The van der Waals surface area contributed by atoms with Gasteiger partial charge in [0.1, 0.15) is 12.4 Å². The molecule has 8 heteroatoms. The highest BCUT2D eigenvalue weighted by Gasteiger charge is 2.13. The zero-order valence-electron chi connectivity index (χ0n) is 18.6. The van der Waals surface area contributed by atoms with Crippen molar-refractivity contribution in [1.82, 2.24) is 5.43 Å². The van der Waals surface area contributed by atoms with Gasteiger partial charge in [-0.15, -0.1) is 0 Å². The molecule has 0 spiro atoms. The maximum absolute atomic E-state index is 12.0. The number of primary amides is 1. The first kappa shape index (κ1) is 23.2. The number of anilines is 1. The maximum Gasteiger partial charge on any atom is 0.329 e. The van der Waals surface area contributed by atoms with Crippen LogP contribution in [-0.2, 0) is 16.2 Å². The number of nitrogens with zero attached hydrogens (tertiary/aromatic N) is 1. The van der Waals surface area contributed by atoms with Gasteiger partial charge in [0.25, 0.3) is 0 Å². The van der Waals surface area contributed by atoms with Gasteiger partial charge in [0.2, 0.25) is 5.91 Å². The van der Waals surface area contributed by atoms with E-state index < -0.39 is 17.7 Å². The summed E-state index contributed by atoms with van der Waals surface area (Å²) >= 11 is 0. The summed E-state index contributed by atoms with van der Waals surface area (Å²) < 4.78 is 5.91. The average molecular weight is 466 g/mol. The highest BCUT2D eigenvalue weighted by molar-refractivity contribution is 6.39. The molecular formula is C27H22N4O4. The number of carbonyl (C=O) groups is 3. The van der Waals surface area contributed by atoms with E-state index in [2.05, 4.69) is 34.0 Å². The molecule has 0 saturated carbocycles. The molecule has 3 amide bonds. The molecule has 4 N–H and O–H groups in total. The number of rotatable bonds is 7. The van der Waals surface area contributed by atoms with Gasteiger partial charge >= 0.3 is 11.8 Å². The summed E-state index contributed by atoms with van der Waals surface area (Å²) in [6.45, 7) is 0.436. The minimum absolute atomic E-state index is 0.294. The van der Waals surface area contributed by atoms with Crippen molar-refractivity contribution >= 4 is 40.4 Å². The van der Waals surface area contributed by atoms with Crippen LogP contribution < -0.4 is 21.2 Å². The molecular weight excluding hydrogens is 444 g/mol. The first-order valence-electron chi connectivity index (χ1n) is 10.7. The number of hydrazone groups is 1. The molecule has 35 heavy (non-hydrogen) atoms. The number of carbonyl (C=O) groups excluding carboxylic acids is 3. The molecule has 0 bridgehead atoms. The van der Waals surface area contributed by atoms with Gasteiger partial charge in [-0.25, -0.2) is 5.43 Å². The average Bonchev–Trinajstić information content (AvgIpc) is 2.88. The van der Waals surface area contributed by atoms with Crippen LogP contribution in [0.1, 0.15) is 21.5 Å². The minimum Gasteiger partial charge on any atom is -0.489 e. The quantitative estimate of drug-likeness (QED) is 0.219. The Labute approximate surface area is 201 Å². The minimum atomic E-state index is -0.935. The molecule has 0 aliphatic heterocycles. The van der Waals surface area contributed by atoms with Gasteiger partial charge in [-0.2, -0.15) is 5.10 Å². The zero-order chi connectivity index (χ0) is 24.6. The van der Waals surface area contributed by atoms with Gasteiger partial charge in [0.05, 0.1) is 6.21 Å². The fourth-order valence-corrected chi connectivity index (χ4v) is 3.35. The third kappa shape index (κ3) is 6.08. The number of nitrogens with one attached hydrogen (secondary N) is 2. The number of nitrogens with two attached hydrogens (primary N) is 1. The lowest BCUT2D eigenvalue weighted by Gasteiger charge is -2.09. The van der Waals surface area contributed by atoms with Gasteiger partial charge in [0.15, 0.2) is 0 Å². The van der Waals surface area contributed by atoms with Gasteiger partial charge < -0.3 is 15.8 Å². The molecule has 174 valence electrons. The predicted molar refractivity (Wildman–Crippen MR) is 134 cm³/mol. The largest absolute Gasteiger partial charge is 0.489 e. The molecule has 0 aliphatic rings. The Balaban J connectivity index is 1.27. The standard InChI is InChI=1S/C27H22N4O4/c28-25(32)20-10-12-22(13-11-20)30-26(33)27(34)31-29-16-18-8-14-23(15-9-18)35-17-21-6-3-5-19-4-1-2-7-24(19)21/h1-16H,17H2,(H2,28,32)(H,30,33)(H,31,34)/b29-16+. The topological polar surface area (TPSA) is 123 Å². The molecule has 0 aromatic heterocycles. The SMILES string of the molecule is NC(=O)c1ccc(NC(=O)C(=O)N/N=C/c2ccc(OCc3cccc4ccccc34)cc2)cc1. The Morgan fingerprint density at radius 2 is 1.54 bits per heavy atom. The van der Waals surface area contributed by atoms with Gasteiger partial charge in [0, 0.05) is 11.3 Å². The molecule has 0 saturated heterocycles. The van der Waals surface area contributed by atoms with Gasteiger partial charge in [-0.05, 0) is 70.4 Å². The number of benzene rings is 4. The molecule has 0 heterocycles. The maximum atomic E-state index is 12.0. The van der Waals surface area contributed by atoms with E-state index in [-0.39, 0.29) is 0 Å². The Hall–Kier alpha value is -4.98. The van der Waals surface area contributed by atoms with Crippen LogP contribution in [0.25, 0.3) is 10.8 Å². The number of fused-ring (bicyclic) bond motifs is 1. The van der Waals surface area contributed by atoms with Gasteiger partial charge in [-0.1, -0.05) is 42.5 Å². The Morgan fingerprint density at radius 1 is 0.829 bits per heavy atom. The summed E-state index contributed by atoms with van der Waals surface area (Å²) in [6, 6.07) is 27.3. The summed E-state index contributed by atoms with van der Waals surface area (Å²) in [5, 5.41) is 8.54. The van der Waals surface area contributed by atoms with Crippen LogP contribution in [0.5, 0.6) is 5.75 Å². The number of ether oxygens (including phenoxy) is 1. The second kappa shape index (κ2) is 10.8. The highest BCUT2D eigenvalue weighted by atomic mass is 16.5. The fourth-order valence-electron chi connectivity index (χ4n) is 3.35. The molecule has 4 aromatic rings. The zero-order valence-corrected chi connectivity index (χ0v) is 18.6. The predicted octanol–water partition coefficient (Wildman–Crippen LogP) is 3.61. The van der Waals surface area contributed by atoms with Crippen LogP contribution in [0.2, 0.25) is 0 Å². The molecule has 0 atom stereocenters. The highest BCUT2D eigenvalue weighted by Crippen LogP contribution is 2.21. The van der Waals surface area contributed by atoms with Crippen molar-refractivity contribution in [2.75, 3.05) is 5.32 Å². The molecule has 8 nitrogen and oxygen atoms in total. The number of hydrogen-bond acceptors (Lipinski definition) is 5. The van der Waals surface area contributed by atoms with Crippen molar-refractivity contribution in [3.8, 4) is 5.75 Å². The summed E-state index contributed by atoms with van der Waals surface area (Å²) in [7, 11) is 0. The van der Waals surface area contributed by atoms with Crippen LogP contribution in [0.4, 0.5) is 5.69 Å². The van der Waals surface area contributed by atoms with E-state index in [1.807, 2.05) is 24.3 Å². The summed E-state index contributed by atoms with van der Waals surface area (Å²) in [4.78, 5) is 35.0. The molecule has 0 unspecified atom stereocenters. The Morgan fingerprint density at radius 3 is 2.29 bits per heavy atom. The first-order valence-corrected chi connectivity index (χ1v) is 10.7. The number of hydrogen-bond donors (Lipinski definition) is 3. The van der Waals surface area contributed by atoms with Crippen LogP contribution in [0, 0.1) is 0 Å². The molecule has 0 aliphatic carbocycles. The van der Waals surface area contributed by atoms with Crippen molar-refractivity contribution in [3.63, 3.8) is 0 Å². The number of amides is 3. The van der Waals surface area contributed by atoms with Crippen molar-refractivity contribution in [1.29, 1.82) is 0 Å². The normalized spacial score (nSPS) is 10.7. The lowest BCUT2D eigenvalue weighted by molar-refractivity contribution is -0.136. The summed E-state index contributed by atoms with van der Waals surface area (Å²) in [5.74, 6) is -1.72. The monoisotopic (exact) mass is 466 g/mol. The summed E-state index contributed by atoms with van der Waals surface area (Å²) in [5.41, 5.74) is 9.79. The smallest absolute Gasteiger partial charge is 0.329 e. The van der Waals surface area contributed by atoms with E-state index in [4.69, 9.17) is 10.5 Å². The fraction of sp³-hybridized carbons (Fsp3) is 0.0370.